The van der Waals surface area contributed by atoms with Crippen LogP contribution >= 0.6 is 11.6 Å². The van der Waals surface area contributed by atoms with Crippen molar-refractivity contribution >= 4 is 46.4 Å². The predicted molar refractivity (Wildman–Crippen MR) is 94.0 cm³/mol. The Bertz CT molecular complexity index is 827. The second-order valence-corrected chi connectivity index (χ2v) is 5.57. The van der Waals surface area contributed by atoms with Gasteiger partial charge in [-0.2, -0.15) is 0 Å². The molecule has 0 aliphatic rings. The van der Waals surface area contributed by atoms with Crippen molar-refractivity contribution < 1.29 is 18.8 Å². The van der Waals surface area contributed by atoms with E-state index in [1.54, 1.807) is 24.3 Å². The van der Waals surface area contributed by atoms with Gasteiger partial charge >= 0.3 is 0 Å². The van der Waals surface area contributed by atoms with Gasteiger partial charge in [-0.1, -0.05) is 17.7 Å². The van der Waals surface area contributed by atoms with Gasteiger partial charge in [-0.05, 0) is 36.4 Å². The van der Waals surface area contributed by atoms with Crippen molar-refractivity contribution in [2.24, 2.45) is 0 Å². The highest BCUT2D eigenvalue weighted by Gasteiger charge is 2.11. The maximum absolute atomic E-state index is 13.1. The zero-order chi connectivity index (χ0) is 18.4. The molecule has 25 heavy (non-hydrogen) atoms. The molecule has 2 rings (SSSR count). The summed E-state index contributed by atoms with van der Waals surface area (Å²) in [4.78, 5) is 34.8. The van der Waals surface area contributed by atoms with E-state index in [1.807, 2.05) is 0 Å². The molecule has 0 bridgehead atoms. The van der Waals surface area contributed by atoms with Crippen LogP contribution in [0.2, 0.25) is 5.02 Å². The normalized spacial score (nSPS) is 10.0. The first-order valence-electron chi connectivity index (χ1n) is 7.26. The summed E-state index contributed by atoms with van der Waals surface area (Å²) in [6.45, 7) is 1.37. The van der Waals surface area contributed by atoms with Gasteiger partial charge in [0.1, 0.15) is 12.2 Å². The Balaban J connectivity index is 1.92. The molecule has 0 radical (unpaired) electrons. The van der Waals surface area contributed by atoms with Crippen LogP contribution in [0.3, 0.4) is 0 Å². The molecular formula is C17H15ClFN3O3. The van der Waals surface area contributed by atoms with Crippen LogP contribution in [-0.2, 0) is 14.4 Å². The van der Waals surface area contributed by atoms with Crippen molar-refractivity contribution in [3.63, 3.8) is 0 Å². The van der Waals surface area contributed by atoms with E-state index in [9.17, 15) is 18.8 Å². The molecule has 8 heteroatoms. The number of amides is 3. The van der Waals surface area contributed by atoms with E-state index in [4.69, 9.17) is 11.6 Å². The van der Waals surface area contributed by atoms with Crippen molar-refractivity contribution in [2.45, 2.75) is 13.3 Å². The Hall–Kier alpha value is -2.93. The summed E-state index contributed by atoms with van der Waals surface area (Å²) in [6.07, 6.45) is -0.431. The van der Waals surface area contributed by atoms with E-state index >= 15 is 0 Å². The van der Waals surface area contributed by atoms with Crippen LogP contribution < -0.4 is 16.0 Å². The molecule has 6 nitrogen and oxygen atoms in total. The first-order valence-corrected chi connectivity index (χ1v) is 7.63. The van der Waals surface area contributed by atoms with Gasteiger partial charge in [0.15, 0.2) is 0 Å². The molecule has 0 aliphatic carbocycles. The fourth-order valence-electron chi connectivity index (χ4n) is 2.01. The highest BCUT2D eigenvalue weighted by molar-refractivity contribution is 6.31. The van der Waals surface area contributed by atoms with E-state index in [2.05, 4.69) is 16.0 Å². The van der Waals surface area contributed by atoms with Gasteiger partial charge in [-0.3, -0.25) is 14.4 Å². The Kier molecular flexibility index (Phi) is 6.08. The van der Waals surface area contributed by atoms with Crippen molar-refractivity contribution in [1.29, 1.82) is 0 Å². The average molecular weight is 364 g/mol. The molecule has 0 saturated heterocycles. The number of nitrogens with one attached hydrogen (secondary N) is 3. The van der Waals surface area contributed by atoms with Crippen LogP contribution in [0.5, 0.6) is 0 Å². The van der Waals surface area contributed by atoms with Gasteiger partial charge < -0.3 is 16.0 Å². The van der Waals surface area contributed by atoms with Crippen LogP contribution in [0, 0.1) is 5.82 Å². The fourth-order valence-corrected chi connectivity index (χ4v) is 2.19. The molecule has 3 amide bonds. The molecule has 0 saturated carbocycles. The molecule has 0 atom stereocenters. The minimum atomic E-state index is -0.600. The number of hydrogen-bond donors (Lipinski definition) is 3. The summed E-state index contributed by atoms with van der Waals surface area (Å²) in [5.41, 5.74) is 1.25. The molecule has 0 aliphatic heterocycles. The minimum Gasteiger partial charge on any atom is -0.326 e. The molecule has 3 N–H and O–H groups in total. The Labute approximate surface area is 148 Å². The lowest BCUT2D eigenvalue weighted by atomic mass is 10.2. The molecule has 0 aromatic heterocycles. The number of rotatable bonds is 5. The zero-order valence-electron chi connectivity index (χ0n) is 13.2. The van der Waals surface area contributed by atoms with Crippen LogP contribution in [0.25, 0.3) is 0 Å². The summed E-state index contributed by atoms with van der Waals surface area (Å²) in [6, 6.07) is 10.2. The molecule has 0 heterocycles. The van der Waals surface area contributed by atoms with Crippen LogP contribution in [-0.4, -0.2) is 17.7 Å². The molecule has 2 aromatic rings. The summed E-state index contributed by atoms with van der Waals surface area (Å²) in [7, 11) is 0. The molecule has 0 unspecified atom stereocenters. The largest absolute Gasteiger partial charge is 0.326 e. The monoisotopic (exact) mass is 363 g/mol. The van der Waals surface area contributed by atoms with Crippen molar-refractivity contribution in [3.8, 4) is 0 Å². The van der Waals surface area contributed by atoms with Crippen LogP contribution in [0.1, 0.15) is 13.3 Å². The van der Waals surface area contributed by atoms with Gasteiger partial charge in [-0.25, -0.2) is 4.39 Å². The Morgan fingerprint density at radius 1 is 0.920 bits per heavy atom. The zero-order valence-corrected chi connectivity index (χ0v) is 14.0. The summed E-state index contributed by atoms with van der Waals surface area (Å²) in [5.74, 6) is -1.94. The van der Waals surface area contributed by atoms with Gasteiger partial charge in [0, 0.05) is 24.0 Å². The first kappa shape index (κ1) is 18.4. The first-order chi connectivity index (χ1) is 11.8. The molecular weight excluding hydrogens is 349 g/mol. The number of carbonyl (C=O) groups excluding carboxylic acids is 3. The Morgan fingerprint density at radius 3 is 2.04 bits per heavy atom. The quantitative estimate of drug-likeness (QED) is 0.711. The van der Waals surface area contributed by atoms with Crippen LogP contribution in [0.15, 0.2) is 42.5 Å². The smallest absolute Gasteiger partial charge is 0.233 e. The number of hydrogen-bond acceptors (Lipinski definition) is 3. The number of halogens is 2. The SMILES string of the molecule is CC(=O)Nc1cccc(NC(=O)CC(=O)Nc2ccc(F)c(Cl)c2)c1. The van der Waals surface area contributed by atoms with Crippen molar-refractivity contribution in [3.05, 3.63) is 53.3 Å². The number of anilines is 3. The standard InChI is InChI=1S/C17H15ClFN3O3/c1-10(23)20-11-3-2-4-12(7-11)21-16(24)9-17(25)22-13-5-6-15(19)14(18)8-13/h2-8H,9H2,1H3,(H,20,23)(H,21,24)(H,22,25). The van der Waals surface area contributed by atoms with Crippen molar-refractivity contribution in [1.82, 2.24) is 0 Å². The molecule has 130 valence electrons. The fraction of sp³-hybridized carbons (Fsp3) is 0.118. The second-order valence-electron chi connectivity index (χ2n) is 5.16. The lowest BCUT2D eigenvalue weighted by molar-refractivity contribution is -0.123. The highest BCUT2D eigenvalue weighted by Crippen LogP contribution is 2.19. The van der Waals surface area contributed by atoms with E-state index in [1.165, 1.54) is 19.1 Å². The molecule has 0 spiro atoms. The van der Waals surface area contributed by atoms with Gasteiger partial charge in [0.25, 0.3) is 0 Å². The molecule has 0 fully saturated rings. The topological polar surface area (TPSA) is 87.3 Å². The van der Waals surface area contributed by atoms with Gasteiger partial charge in [0.05, 0.1) is 5.02 Å². The maximum atomic E-state index is 13.1. The van der Waals surface area contributed by atoms with E-state index < -0.39 is 24.1 Å². The third-order valence-corrected chi connectivity index (χ3v) is 3.28. The predicted octanol–water partition coefficient (Wildman–Crippen LogP) is 3.40. The highest BCUT2D eigenvalue weighted by atomic mass is 35.5. The van der Waals surface area contributed by atoms with E-state index in [-0.39, 0.29) is 16.6 Å². The number of carbonyl (C=O) groups is 3. The average Bonchev–Trinajstić information content (AvgIpc) is 2.50. The van der Waals surface area contributed by atoms with E-state index in [0.717, 1.165) is 6.07 Å². The third-order valence-electron chi connectivity index (χ3n) is 2.99. The van der Waals surface area contributed by atoms with Gasteiger partial charge in [0.2, 0.25) is 17.7 Å². The third kappa shape index (κ3) is 5.89. The summed E-state index contributed by atoms with van der Waals surface area (Å²) in [5, 5.41) is 7.47. The lowest BCUT2D eigenvalue weighted by Crippen LogP contribution is -2.21. The second kappa shape index (κ2) is 8.25. The van der Waals surface area contributed by atoms with Crippen LogP contribution in [0.4, 0.5) is 21.5 Å². The minimum absolute atomic E-state index is 0.128. The van der Waals surface area contributed by atoms with Crippen molar-refractivity contribution in [2.75, 3.05) is 16.0 Å². The lowest BCUT2D eigenvalue weighted by Gasteiger charge is -2.09. The summed E-state index contributed by atoms with van der Waals surface area (Å²) >= 11 is 5.63. The maximum Gasteiger partial charge on any atom is 0.233 e. The van der Waals surface area contributed by atoms with E-state index in [0.29, 0.717) is 11.4 Å². The Morgan fingerprint density at radius 2 is 1.48 bits per heavy atom. The summed E-state index contributed by atoms with van der Waals surface area (Å²) < 4.78 is 13.1. The van der Waals surface area contributed by atoms with Gasteiger partial charge in [-0.15, -0.1) is 0 Å². The molecule has 2 aromatic carbocycles. The number of benzene rings is 2.